The minimum atomic E-state index is -3.32. The lowest BCUT2D eigenvalue weighted by atomic mass is 10.0. The molecule has 8 nitrogen and oxygen atoms in total. The predicted molar refractivity (Wildman–Crippen MR) is 108 cm³/mol. The van der Waals surface area contributed by atoms with Gasteiger partial charge in [-0.3, -0.25) is 14.5 Å². The first-order chi connectivity index (χ1) is 13.3. The molecule has 28 heavy (non-hydrogen) atoms. The summed E-state index contributed by atoms with van der Waals surface area (Å²) in [5.74, 6) is -0.190. The number of anilines is 1. The molecule has 0 saturated heterocycles. The van der Waals surface area contributed by atoms with Crippen molar-refractivity contribution in [3.8, 4) is 0 Å². The molecule has 0 N–H and O–H groups in total. The molecule has 0 spiro atoms. The Kier molecular flexibility index (Phi) is 6.43. The van der Waals surface area contributed by atoms with E-state index in [9.17, 15) is 18.0 Å². The van der Waals surface area contributed by atoms with Gasteiger partial charge in [-0.25, -0.2) is 8.42 Å². The maximum atomic E-state index is 12.9. The van der Waals surface area contributed by atoms with E-state index in [-0.39, 0.29) is 30.7 Å². The smallest absolute Gasteiger partial charge is 0.257 e. The van der Waals surface area contributed by atoms with Crippen molar-refractivity contribution in [1.82, 2.24) is 9.21 Å². The van der Waals surface area contributed by atoms with Gasteiger partial charge < -0.3 is 9.64 Å². The predicted octanol–water partition coefficient (Wildman–Crippen LogP) is 1.30. The first-order valence-electron chi connectivity index (χ1n) is 9.47. The van der Waals surface area contributed by atoms with Crippen LogP contribution in [0.3, 0.4) is 0 Å². The van der Waals surface area contributed by atoms with Gasteiger partial charge in [0, 0.05) is 32.1 Å². The number of thiophene rings is 1. The van der Waals surface area contributed by atoms with Crippen LogP contribution in [0.2, 0.25) is 0 Å². The fourth-order valence-corrected chi connectivity index (χ4v) is 6.63. The number of carbonyl (C=O) groups is 2. The van der Waals surface area contributed by atoms with E-state index in [2.05, 4.69) is 0 Å². The molecule has 0 radical (unpaired) electrons. The SMILES string of the molecule is CCCCS(=O)(=O)N1CCc2c(sc3c2C(=O)N(C)CC(=O)N3CCOC)C1. The third-order valence-electron chi connectivity index (χ3n) is 5.15. The number of methoxy groups -OCH3 is 1. The maximum Gasteiger partial charge on any atom is 0.257 e. The summed E-state index contributed by atoms with van der Waals surface area (Å²) in [7, 11) is -0.124. The highest BCUT2D eigenvalue weighted by molar-refractivity contribution is 7.89. The van der Waals surface area contributed by atoms with Gasteiger partial charge in [0.15, 0.2) is 0 Å². The normalized spacial score (nSPS) is 18.2. The molecule has 156 valence electrons. The summed E-state index contributed by atoms with van der Waals surface area (Å²) < 4.78 is 31.8. The first kappa shape index (κ1) is 21.2. The van der Waals surface area contributed by atoms with Crippen LogP contribution in [0.1, 0.15) is 40.6 Å². The van der Waals surface area contributed by atoms with E-state index in [4.69, 9.17) is 4.74 Å². The molecule has 2 aliphatic rings. The topological polar surface area (TPSA) is 87.2 Å². The van der Waals surface area contributed by atoms with Crippen molar-refractivity contribution in [3.05, 3.63) is 16.0 Å². The van der Waals surface area contributed by atoms with Crippen molar-refractivity contribution < 1.29 is 22.7 Å². The number of hydrogen-bond acceptors (Lipinski definition) is 6. The molecule has 10 heteroatoms. The van der Waals surface area contributed by atoms with E-state index in [0.29, 0.717) is 43.1 Å². The summed E-state index contributed by atoms with van der Waals surface area (Å²) >= 11 is 1.36. The fourth-order valence-electron chi connectivity index (χ4n) is 3.54. The van der Waals surface area contributed by atoms with Crippen molar-refractivity contribution in [2.75, 3.05) is 51.1 Å². The van der Waals surface area contributed by atoms with Gasteiger partial charge in [0.25, 0.3) is 5.91 Å². The van der Waals surface area contributed by atoms with E-state index >= 15 is 0 Å². The van der Waals surface area contributed by atoms with Crippen molar-refractivity contribution in [2.24, 2.45) is 0 Å². The second kappa shape index (κ2) is 8.48. The maximum absolute atomic E-state index is 12.9. The number of fused-ring (bicyclic) bond motifs is 3. The molecule has 0 atom stereocenters. The number of hydrogen-bond donors (Lipinski definition) is 0. The molecule has 0 unspecified atom stereocenters. The Balaban J connectivity index is 1.97. The molecule has 3 rings (SSSR count). The highest BCUT2D eigenvalue weighted by Gasteiger charge is 2.38. The highest BCUT2D eigenvalue weighted by atomic mass is 32.2. The van der Waals surface area contributed by atoms with Gasteiger partial charge in [0.2, 0.25) is 15.9 Å². The van der Waals surface area contributed by atoms with Crippen LogP contribution in [0.15, 0.2) is 0 Å². The molecular formula is C18H27N3O5S2. The van der Waals surface area contributed by atoms with E-state index in [1.54, 1.807) is 19.1 Å². The Labute approximate surface area is 170 Å². The van der Waals surface area contributed by atoms with Gasteiger partial charge >= 0.3 is 0 Å². The zero-order valence-electron chi connectivity index (χ0n) is 16.6. The largest absolute Gasteiger partial charge is 0.383 e. The Hall–Kier alpha value is -1.49. The van der Waals surface area contributed by atoms with E-state index < -0.39 is 10.0 Å². The van der Waals surface area contributed by atoms with Crippen LogP contribution in [-0.2, 0) is 32.5 Å². The Morgan fingerprint density at radius 3 is 2.64 bits per heavy atom. The quantitative estimate of drug-likeness (QED) is 0.652. The molecule has 0 fully saturated rings. The molecule has 1 aromatic heterocycles. The second-order valence-electron chi connectivity index (χ2n) is 7.14. The number of carbonyl (C=O) groups excluding carboxylic acids is 2. The highest BCUT2D eigenvalue weighted by Crippen LogP contribution is 2.41. The minimum Gasteiger partial charge on any atom is -0.383 e. The summed E-state index contributed by atoms with van der Waals surface area (Å²) in [6, 6.07) is 0. The van der Waals surface area contributed by atoms with Crippen LogP contribution in [0.5, 0.6) is 0 Å². The standard InChI is InChI=1S/C18H27N3O5S2/c1-4-5-10-28(24,25)20-7-6-13-14(11-20)27-18-16(13)17(23)19(2)12-15(22)21(18)8-9-26-3/h4-12H2,1-3H3. The first-order valence-corrected chi connectivity index (χ1v) is 11.9. The lowest BCUT2D eigenvalue weighted by molar-refractivity contribution is -0.119. The van der Waals surface area contributed by atoms with Crippen LogP contribution < -0.4 is 4.90 Å². The molecule has 1 aromatic rings. The minimum absolute atomic E-state index is 0.0241. The molecule has 3 heterocycles. The van der Waals surface area contributed by atoms with Gasteiger partial charge in [0.05, 0.1) is 24.5 Å². The third kappa shape index (κ3) is 3.96. The number of sulfonamides is 1. The van der Waals surface area contributed by atoms with Crippen LogP contribution in [-0.4, -0.2) is 75.6 Å². The average molecular weight is 430 g/mol. The van der Waals surface area contributed by atoms with Crippen LogP contribution >= 0.6 is 11.3 Å². The second-order valence-corrected chi connectivity index (χ2v) is 10.3. The number of nitrogens with zero attached hydrogens (tertiary/aromatic N) is 3. The summed E-state index contributed by atoms with van der Waals surface area (Å²) in [5.41, 5.74) is 1.44. The van der Waals surface area contributed by atoms with Gasteiger partial charge in [-0.2, -0.15) is 4.31 Å². The van der Waals surface area contributed by atoms with Gasteiger partial charge in [0.1, 0.15) is 11.5 Å². The molecule has 0 bridgehead atoms. The third-order valence-corrected chi connectivity index (χ3v) is 8.29. The lowest BCUT2D eigenvalue weighted by Crippen LogP contribution is -2.39. The van der Waals surface area contributed by atoms with Gasteiger partial charge in [-0.1, -0.05) is 13.3 Å². The summed E-state index contributed by atoms with van der Waals surface area (Å²) in [6.45, 7) is 3.35. The number of likely N-dealkylation sites (N-methyl/N-ethyl adjacent to an activating group) is 1. The van der Waals surface area contributed by atoms with Crippen molar-refractivity contribution in [3.63, 3.8) is 0 Å². The Morgan fingerprint density at radius 1 is 1.21 bits per heavy atom. The van der Waals surface area contributed by atoms with E-state index in [1.807, 2.05) is 6.92 Å². The van der Waals surface area contributed by atoms with E-state index in [1.165, 1.54) is 20.5 Å². The number of unbranched alkanes of at least 4 members (excludes halogenated alkanes) is 1. The Morgan fingerprint density at radius 2 is 1.96 bits per heavy atom. The van der Waals surface area contributed by atoms with Crippen LogP contribution in [0, 0.1) is 0 Å². The molecule has 2 amide bonds. The average Bonchev–Trinajstić information content (AvgIpc) is 3.00. The lowest BCUT2D eigenvalue weighted by Gasteiger charge is -2.26. The van der Waals surface area contributed by atoms with E-state index in [0.717, 1.165) is 16.9 Å². The van der Waals surface area contributed by atoms with Gasteiger partial charge in [-0.15, -0.1) is 11.3 Å². The summed E-state index contributed by atoms with van der Waals surface area (Å²) in [4.78, 5) is 29.5. The summed E-state index contributed by atoms with van der Waals surface area (Å²) in [5, 5.41) is 0.620. The molecule has 0 aromatic carbocycles. The monoisotopic (exact) mass is 429 g/mol. The van der Waals surface area contributed by atoms with Crippen LogP contribution in [0.25, 0.3) is 0 Å². The van der Waals surface area contributed by atoms with Crippen molar-refractivity contribution in [2.45, 2.75) is 32.7 Å². The van der Waals surface area contributed by atoms with Crippen LogP contribution in [0.4, 0.5) is 5.00 Å². The summed E-state index contributed by atoms with van der Waals surface area (Å²) in [6.07, 6.45) is 1.94. The molecule has 0 aliphatic carbocycles. The number of amides is 2. The number of rotatable bonds is 7. The van der Waals surface area contributed by atoms with Gasteiger partial charge in [-0.05, 0) is 18.4 Å². The van der Waals surface area contributed by atoms with Crippen molar-refractivity contribution in [1.29, 1.82) is 0 Å². The Bertz CT molecular complexity index is 865. The molecular weight excluding hydrogens is 402 g/mol. The van der Waals surface area contributed by atoms with Crippen molar-refractivity contribution >= 4 is 38.2 Å². The molecule has 0 saturated carbocycles. The number of ether oxygens (including phenoxy) is 1. The zero-order chi connectivity index (χ0) is 20.5. The fraction of sp³-hybridized carbons (Fsp3) is 0.667. The molecule has 2 aliphatic heterocycles. The zero-order valence-corrected chi connectivity index (χ0v) is 18.2.